The van der Waals surface area contributed by atoms with Crippen LogP contribution in [0.5, 0.6) is 0 Å². The van der Waals surface area contributed by atoms with Gasteiger partial charge in [-0.2, -0.15) is 5.26 Å². The Kier molecular flexibility index (Phi) is 7.93. The number of para-hydroxylation sites is 1. The van der Waals surface area contributed by atoms with Gasteiger partial charge in [0.2, 0.25) is 11.8 Å². The van der Waals surface area contributed by atoms with Crippen molar-refractivity contribution in [2.24, 2.45) is 0 Å². The van der Waals surface area contributed by atoms with Gasteiger partial charge in [-0.3, -0.25) is 9.59 Å². The van der Waals surface area contributed by atoms with Gasteiger partial charge >= 0.3 is 0 Å². The molecular formula is C25H27F2N3O2. The number of hydrogen-bond donors (Lipinski definition) is 1. The molecule has 1 saturated carbocycles. The summed E-state index contributed by atoms with van der Waals surface area (Å²) in [6.07, 6.45) is 3.00. The number of rotatable bonds is 9. The molecule has 0 heterocycles. The third-order valence-electron chi connectivity index (χ3n) is 6.06. The van der Waals surface area contributed by atoms with Crippen molar-refractivity contribution in [3.8, 4) is 6.07 Å². The summed E-state index contributed by atoms with van der Waals surface area (Å²) < 4.78 is 28.9. The summed E-state index contributed by atoms with van der Waals surface area (Å²) in [4.78, 5) is 26.7. The highest BCUT2D eigenvalue weighted by Crippen LogP contribution is 2.42. The van der Waals surface area contributed by atoms with Crippen molar-refractivity contribution >= 4 is 17.5 Å². The van der Waals surface area contributed by atoms with E-state index in [-0.39, 0.29) is 49.7 Å². The molecule has 32 heavy (non-hydrogen) atoms. The lowest BCUT2D eigenvalue weighted by Gasteiger charge is -2.30. The number of nitriles is 1. The first kappa shape index (κ1) is 23.4. The summed E-state index contributed by atoms with van der Waals surface area (Å²) in [5.41, 5.74) is -0.0495. The van der Waals surface area contributed by atoms with Crippen molar-refractivity contribution in [2.45, 2.75) is 50.4 Å². The number of nitrogens with one attached hydrogen (secondary N) is 1. The molecule has 0 bridgehead atoms. The number of benzene rings is 2. The Hall–Kier alpha value is -3.27. The summed E-state index contributed by atoms with van der Waals surface area (Å²) in [5, 5.41) is 11.7. The molecule has 1 N–H and O–H groups in total. The molecule has 0 aromatic heterocycles. The van der Waals surface area contributed by atoms with Crippen LogP contribution < -0.4 is 10.2 Å². The lowest BCUT2D eigenvalue weighted by Crippen LogP contribution is -2.40. The van der Waals surface area contributed by atoms with E-state index in [4.69, 9.17) is 5.26 Å². The van der Waals surface area contributed by atoms with E-state index in [1.165, 1.54) is 23.1 Å². The van der Waals surface area contributed by atoms with Gasteiger partial charge in [0.1, 0.15) is 11.6 Å². The zero-order chi connectivity index (χ0) is 23.0. The summed E-state index contributed by atoms with van der Waals surface area (Å²) in [6, 6.07) is 14.9. The van der Waals surface area contributed by atoms with E-state index in [2.05, 4.69) is 5.32 Å². The van der Waals surface area contributed by atoms with E-state index in [1.807, 2.05) is 12.1 Å². The lowest BCUT2D eigenvalue weighted by molar-refractivity contribution is -0.125. The molecule has 0 saturated heterocycles. The van der Waals surface area contributed by atoms with Crippen molar-refractivity contribution in [3.05, 3.63) is 65.7 Å². The van der Waals surface area contributed by atoms with Crippen molar-refractivity contribution < 1.29 is 18.4 Å². The molecule has 0 unspecified atom stereocenters. The molecule has 3 rings (SSSR count). The first-order chi connectivity index (χ1) is 15.5. The second-order valence-electron chi connectivity index (χ2n) is 8.15. The van der Waals surface area contributed by atoms with Crippen LogP contribution in [0, 0.1) is 23.0 Å². The van der Waals surface area contributed by atoms with Gasteiger partial charge in [0.15, 0.2) is 0 Å². The van der Waals surface area contributed by atoms with Crippen LogP contribution in [0.4, 0.5) is 14.5 Å². The standard InChI is InChI=1S/C25H27F2N3O2/c26-20-10-6-11-21(27)24(20)25(14-4-5-15-25)18-29-22(31)12-13-23(32)30(17-7-16-28)19-8-2-1-3-9-19/h1-3,6,8-11H,4-5,7,12-15,17-18H2,(H,29,31). The molecule has 0 aliphatic heterocycles. The molecule has 1 fully saturated rings. The number of halogens is 2. The minimum absolute atomic E-state index is 0.0206. The minimum Gasteiger partial charge on any atom is -0.355 e. The Balaban J connectivity index is 1.61. The maximum absolute atomic E-state index is 14.5. The molecule has 5 nitrogen and oxygen atoms in total. The molecule has 0 radical (unpaired) electrons. The normalized spacial score (nSPS) is 14.5. The van der Waals surface area contributed by atoms with Gasteiger partial charge in [-0.25, -0.2) is 8.78 Å². The molecule has 168 valence electrons. The van der Waals surface area contributed by atoms with Crippen LogP contribution >= 0.6 is 0 Å². The van der Waals surface area contributed by atoms with Gasteiger partial charge in [-0.15, -0.1) is 0 Å². The molecule has 2 amide bonds. The van der Waals surface area contributed by atoms with E-state index in [0.29, 0.717) is 18.5 Å². The number of amides is 2. The first-order valence-corrected chi connectivity index (χ1v) is 10.9. The highest BCUT2D eigenvalue weighted by molar-refractivity contribution is 5.95. The van der Waals surface area contributed by atoms with Crippen LogP contribution in [0.25, 0.3) is 0 Å². The maximum atomic E-state index is 14.5. The van der Waals surface area contributed by atoms with Gasteiger partial charge in [0, 0.05) is 42.6 Å². The number of hydrogen-bond acceptors (Lipinski definition) is 3. The molecular weight excluding hydrogens is 412 g/mol. The summed E-state index contributed by atoms with van der Waals surface area (Å²) in [5.74, 6) is -1.77. The van der Waals surface area contributed by atoms with Gasteiger partial charge in [-0.05, 0) is 37.1 Å². The fourth-order valence-electron chi connectivity index (χ4n) is 4.45. The second-order valence-corrected chi connectivity index (χ2v) is 8.15. The third kappa shape index (κ3) is 5.50. The van der Waals surface area contributed by atoms with Gasteiger partial charge < -0.3 is 10.2 Å². The number of anilines is 1. The minimum atomic E-state index is -0.766. The number of carbonyl (C=O) groups is 2. The van der Waals surface area contributed by atoms with Crippen LogP contribution in [-0.4, -0.2) is 24.9 Å². The Morgan fingerprint density at radius 2 is 1.66 bits per heavy atom. The van der Waals surface area contributed by atoms with Crippen LogP contribution in [0.2, 0.25) is 0 Å². The van der Waals surface area contributed by atoms with Crippen molar-refractivity contribution in [2.75, 3.05) is 18.0 Å². The Bertz CT molecular complexity index is 962. The molecule has 7 heteroatoms. The van der Waals surface area contributed by atoms with E-state index in [1.54, 1.807) is 24.3 Å². The molecule has 2 aromatic rings. The molecule has 0 spiro atoms. The zero-order valence-corrected chi connectivity index (χ0v) is 17.9. The summed E-state index contributed by atoms with van der Waals surface area (Å²) in [6.45, 7) is 0.380. The van der Waals surface area contributed by atoms with Crippen LogP contribution in [0.15, 0.2) is 48.5 Å². The van der Waals surface area contributed by atoms with Crippen molar-refractivity contribution in [1.29, 1.82) is 5.26 Å². The van der Waals surface area contributed by atoms with Crippen molar-refractivity contribution in [1.82, 2.24) is 5.32 Å². The Labute approximate surface area is 187 Å². The Morgan fingerprint density at radius 3 is 2.28 bits per heavy atom. The SMILES string of the molecule is N#CCCN(C(=O)CCC(=O)NCC1(c2c(F)cccc2F)CCCC1)c1ccccc1. The van der Waals surface area contributed by atoms with E-state index < -0.39 is 17.0 Å². The average Bonchev–Trinajstić information content (AvgIpc) is 3.27. The monoisotopic (exact) mass is 439 g/mol. The Morgan fingerprint density at radius 1 is 1.00 bits per heavy atom. The highest BCUT2D eigenvalue weighted by Gasteiger charge is 2.40. The smallest absolute Gasteiger partial charge is 0.227 e. The van der Waals surface area contributed by atoms with Crippen LogP contribution in [-0.2, 0) is 15.0 Å². The number of nitrogens with zero attached hydrogens (tertiary/aromatic N) is 2. The van der Waals surface area contributed by atoms with E-state index in [9.17, 15) is 18.4 Å². The lowest BCUT2D eigenvalue weighted by atomic mass is 9.78. The number of carbonyl (C=O) groups excluding carboxylic acids is 2. The summed E-state index contributed by atoms with van der Waals surface area (Å²) >= 11 is 0. The fraction of sp³-hybridized carbons (Fsp3) is 0.400. The second kappa shape index (κ2) is 10.9. The molecule has 1 aliphatic carbocycles. The molecule has 1 aliphatic rings. The van der Waals surface area contributed by atoms with Gasteiger partial charge in [-0.1, -0.05) is 37.1 Å². The predicted octanol–water partition coefficient (Wildman–Crippen LogP) is 4.62. The van der Waals surface area contributed by atoms with Crippen molar-refractivity contribution in [3.63, 3.8) is 0 Å². The van der Waals surface area contributed by atoms with Crippen LogP contribution in [0.3, 0.4) is 0 Å². The van der Waals surface area contributed by atoms with E-state index >= 15 is 0 Å². The highest BCUT2D eigenvalue weighted by atomic mass is 19.1. The first-order valence-electron chi connectivity index (χ1n) is 10.9. The third-order valence-corrected chi connectivity index (χ3v) is 6.06. The predicted molar refractivity (Wildman–Crippen MR) is 118 cm³/mol. The van der Waals surface area contributed by atoms with Gasteiger partial charge in [0.25, 0.3) is 0 Å². The van der Waals surface area contributed by atoms with E-state index in [0.717, 1.165) is 12.8 Å². The largest absolute Gasteiger partial charge is 0.355 e. The summed E-state index contributed by atoms with van der Waals surface area (Å²) in [7, 11) is 0. The van der Waals surface area contributed by atoms with Gasteiger partial charge in [0.05, 0.1) is 12.5 Å². The topological polar surface area (TPSA) is 73.2 Å². The van der Waals surface area contributed by atoms with Crippen LogP contribution in [0.1, 0.15) is 50.5 Å². The maximum Gasteiger partial charge on any atom is 0.227 e. The average molecular weight is 440 g/mol. The molecule has 0 atom stereocenters. The fourth-order valence-corrected chi connectivity index (χ4v) is 4.45. The quantitative estimate of drug-likeness (QED) is 0.620. The zero-order valence-electron chi connectivity index (χ0n) is 17.9. The molecule has 2 aromatic carbocycles.